The van der Waals surface area contributed by atoms with Crippen LogP contribution in [-0.2, 0) is 4.79 Å². The number of Topliss-reactive ketones (excluding diaryl/α,β-unsaturated/α-hetero) is 1. The SMILES string of the molecule is CC(C)C(C)C(=O)[C@@H]1[C@@H]2CCC[C@@H]2CN1C(C)(C)C. The summed E-state index contributed by atoms with van der Waals surface area (Å²) < 4.78 is 0. The fourth-order valence-electron chi connectivity index (χ4n) is 3.96. The Morgan fingerprint density at radius 2 is 1.79 bits per heavy atom. The highest BCUT2D eigenvalue weighted by atomic mass is 16.1. The first-order chi connectivity index (χ1) is 8.73. The third kappa shape index (κ3) is 2.74. The van der Waals surface area contributed by atoms with Crippen molar-refractivity contribution in [1.82, 2.24) is 4.90 Å². The molecule has 0 amide bonds. The van der Waals surface area contributed by atoms with Crippen molar-refractivity contribution in [3.05, 3.63) is 0 Å². The second kappa shape index (κ2) is 5.20. The van der Waals surface area contributed by atoms with E-state index in [1.807, 2.05) is 0 Å². The maximum absolute atomic E-state index is 12.9. The van der Waals surface area contributed by atoms with Crippen molar-refractivity contribution in [2.45, 2.75) is 72.4 Å². The van der Waals surface area contributed by atoms with Crippen molar-refractivity contribution in [3.63, 3.8) is 0 Å². The highest BCUT2D eigenvalue weighted by Crippen LogP contribution is 2.45. The predicted octanol–water partition coefficient (Wildman–Crippen LogP) is 3.75. The zero-order chi connectivity index (χ0) is 14.4. The molecule has 2 rings (SSSR count). The van der Waals surface area contributed by atoms with Gasteiger partial charge >= 0.3 is 0 Å². The van der Waals surface area contributed by atoms with E-state index in [0.29, 0.717) is 17.6 Å². The number of fused-ring (bicyclic) bond motifs is 1. The normalized spacial score (nSPS) is 33.7. The first-order valence-electron chi connectivity index (χ1n) is 8.04. The van der Waals surface area contributed by atoms with Crippen LogP contribution in [0.2, 0.25) is 0 Å². The number of carbonyl (C=O) groups is 1. The number of hydrogen-bond donors (Lipinski definition) is 0. The van der Waals surface area contributed by atoms with E-state index in [1.54, 1.807) is 0 Å². The van der Waals surface area contributed by atoms with Crippen LogP contribution in [0.4, 0.5) is 0 Å². The van der Waals surface area contributed by atoms with Crippen molar-refractivity contribution in [3.8, 4) is 0 Å². The van der Waals surface area contributed by atoms with E-state index in [2.05, 4.69) is 46.4 Å². The molecule has 1 aliphatic carbocycles. The quantitative estimate of drug-likeness (QED) is 0.774. The standard InChI is InChI=1S/C17H31NO/c1-11(2)12(3)16(19)15-14-9-7-8-13(14)10-18(15)17(4,5)6/h11-15H,7-10H2,1-6H3/t12?,13-,14-,15+/m1/s1. The molecule has 110 valence electrons. The Balaban J connectivity index is 2.24. The molecule has 2 heteroatoms. The first-order valence-corrected chi connectivity index (χ1v) is 8.04. The van der Waals surface area contributed by atoms with Gasteiger partial charge in [0.2, 0.25) is 0 Å². The van der Waals surface area contributed by atoms with Crippen molar-refractivity contribution in [2.75, 3.05) is 6.54 Å². The van der Waals surface area contributed by atoms with E-state index >= 15 is 0 Å². The van der Waals surface area contributed by atoms with Crippen LogP contribution in [0.25, 0.3) is 0 Å². The number of nitrogens with zero attached hydrogens (tertiary/aromatic N) is 1. The number of hydrogen-bond acceptors (Lipinski definition) is 2. The minimum Gasteiger partial charge on any atom is -0.298 e. The van der Waals surface area contributed by atoms with Gasteiger partial charge in [-0.2, -0.15) is 0 Å². The van der Waals surface area contributed by atoms with Gasteiger partial charge in [0.1, 0.15) is 0 Å². The smallest absolute Gasteiger partial charge is 0.153 e. The minimum atomic E-state index is 0.112. The van der Waals surface area contributed by atoms with Gasteiger partial charge in [0.05, 0.1) is 6.04 Å². The van der Waals surface area contributed by atoms with Gasteiger partial charge in [-0.1, -0.05) is 27.2 Å². The molecule has 1 unspecified atom stereocenters. The summed E-state index contributed by atoms with van der Waals surface area (Å²) in [5, 5.41) is 0. The van der Waals surface area contributed by atoms with Crippen LogP contribution in [0.3, 0.4) is 0 Å². The van der Waals surface area contributed by atoms with E-state index in [4.69, 9.17) is 0 Å². The lowest BCUT2D eigenvalue weighted by atomic mass is 9.82. The van der Waals surface area contributed by atoms with E-state index in [-0.39, 0.29) is 17.5 Å². The van der Waals surface area contributed by atoms with Gasteiger partial charge < -0.3 is 0 Å². The number of ketones is 1. The number of carbonyl (C=O) groups excluding carboxylic acids is 1. The van der Waals surface area contributed by atoms with Gasteiger partial charge in [-0.05, 0) is 51.4 Å². The summed E-state index contributed by atoms with van der Waals surface area (Å²) in [7, 11) is 0. The van der Waals surface area contributed by atoms with Crippen molar-refractivity contribution >= 4 is 5.78 Å². The molecule has 0 aromatic heterocycles. The third-order valence-corrected chi connectivity index (χ3v) is 5.49. The number of likely N-dealkylation sites (tertiary alicyclic amines) is 1. The Morgan fingerprint density at radius 1 is 1.16 bits per heavy atom. The summed E-state index contributed by atoms with van der Waals surface area (Å²) in [6.45, 7) is 14.4. The van der Waals surface area contributed by atoms with E-state index < -0.39 is 0 Å². The summed E-state index contributed by atoms with van der Waals surface area (Å²) in [4.78, 5) is 15.4. The van der Waals surface area contributed by atoms with Crippen LogP contribution in [0.15, 0.2) is 0 Å². The average molecular weight is 265 g/mol. The zero-order valence-corrected chi connectivity index (χ0v) is 13.6. The fourth-order valence-corrected chi connectivity index (χ4v) is 3.96. The van der Waals surface area contributed by atoms with E-state index in [9.17, 15) is 4.79 Å². The minimum absolute atomic E-state index is 0.112. The molecule has 2 fully saturated rings. The predicted molar refractivity (Wildman–Crippen MR) is 80.1 cm³/mol. The Morgan fingerprint density at radius 3 is 2.32 bits per heavy atom. The van der Waals surface area contributed by atoms with Crippen LogP contribution in [-0.4, -0.2) is 28.8 Å². The molecule has 1 saturated carbocycles. The van der Waals surface area contributed by atoms with Crippen LogP contribution in [0, 0.1) is 23.7 Å². The molecule has 1 heterocycles. The Bertz CT molecular complexity index is 342. The van der Waals surface area contributed by atoms with Gasteiger partial charge in [-0.25, -0.2) is 0 Å². The summed E-state index contributed by atoms with van der Waals surface area (Å²) in [6, 6.07) is 0.185. The second-order valence-electron chi connectivity index (χ2n) is 8.06. The maximum Gasteiger partial charge on any atom is 0.153 e. The molecule has 2 aliphatic rings. The van der Waals surface area contributed by atoms with Gasteiger partial charge in [-0.15, -0.1) is 0 Å². The molecule has 0 N–H and O–H groups in total. The maximum atomic E-state index is 12.9. The molecular formula is C17H31NO. The Hall–Kier alpha value is -0.370. The monoisotopic (exact) mass is 265 g/mol. The van der Waals surface area contributed by atoms with Crippen molar-refractivity contribution in [2.24, 2.45) is 23.7 Å². The fraction of sp³-hybridized carbons (Fsp3) is 0.941. The molecule has 4 atom stereocenters. The van der Waals surface area contributed by atoms with Crippen molar-refractivity contribution in [1.29, 1.82) is 0 Å². The Kier molecular flexibility index (Phi) is 4.11. The molecule has 0 spiro atoms. The van der Waals surface area contributed by atoms with E-state index in [0.717, 1.165) is 12.5 Å². The molecule has 2 nitrogen and oxygen atoms in total. The summed E-state index contributed by atoms with van der Waals surface area (Å²) in [5.41, 5.74) is 0.112. The topological polar surface area (TPSA) is 20.3 Å². The highest BCUT2D eigenvalue weighted by molar-refractivity contribution is 5.87. The zero-order valence-electron chi connectivity index (χ0n) is 13.6. The molecule has 1 aliphatic heterocycles. The number of rotatable bonds is 3. The van der Waals surface area contributed by atoms with Crippen LogP contribution >= 0.6 is 0 Å². The van der Waals surface area contributed by atoms with Crippen LogP contribution in [0.5, 0.6) is 0 Å². The first kappa shape index (κ1) is 15.0. The van der Waals surface area contributed by atoms with Gasteiger partial charge in [-0.3, -0.25) is 9.69 Å². The van der Waals surface area contributed by atoms with Crippen LogP contribution in [0.1, 0.15) is 60.8 Å². The molecule has 1 saturated heterocycles. The molecule has 0 bridgehead atoms. The lowest BCUT2D eigenvalue weighted by Gasteiger charge is -2.39. The summed E-state index contributed by atoms with van der Waals surface area (Å²) in [5.74, 6) is 2.55. The highest BCUT2D eigenvalue weighted by Gasteiger charge is 2.51. The summed E-state index contributed by atoms with van der Waals surface area (Å²) >= 11 is 0. The molecule has 19 heavy (non-hydrogen) atoms. The van der Waals surface area contributed by atoms with Gasteiger partial charge in [0.25, 0.3) is 0 Å². The van der Waals surface area contributed by atoms with Gasteiger partial charge in [0.15, 0.2) is 5.78 Å². The molecule has 0 aromatic rings. The second-order valence-corrected chi connectivity index (χ2v) is 8.06. The average Bonchev–Trinajstić information content (AvgIpc) is 2.84. The molecule has 0 radical (unpaired) electrons. The Labute approximate surface area is 118 Å². The molecule has 0 aromatic carbocycles. The third-order valence-electron chi connectivity index (χ3n) is 5.49. The van der Waals surface area contributed by atoms with Gasteiger partial charge in [0, 0.05) is 18.0 Å². The lowest BCUT2D eigenvalue weighted by Crippen LogP contribution is -2.51. The van der Waals surface area contributed by atoms with Crippen LogP contribution < -0.4 is 0 Å². The lowest BCUT2D eigenvalue weighted by molar-refractivity contribution is -0.131. The van der Waals surface area contributed by atoms with E-state index in [1.165, 1.54) is 19.3 Å². The summed E-state index contributed by atoms with van der Waals surface area (Å²) in [6.07, 6.45) is 3.92. The molecular weight excluding hydrogens is 234 g/mol. The van der Waals surface area contributed by atoms with Crippen molar-refractivity contribution < 1.29 is 4.79 Å². The largest absolute Gasteiger partial charge is 0.298 e.